The summed E-state index contributed by atoms with van der Waals surface area (Å²) in [5.41, 5.74) is 1.43. The molecule has 4 aromatic rings. The molecule has 2 heterocycles. The first-order valence-corrected chi connectivity index (χ1v) is 14.6. The Morgan fingerprint density at radius 1 is 0.778 bits per heavy atom. The van der Waals surface area contributed by atoms with Crippen LogP contribution >= 0.6 is 0 Å². The molecule has 0 N–H and O–H groups in total. The number of fused-ring (bicyclic) bond motifs is 5. The van der Waals surface area contributed by atoms with Crippen LogP contribution in [0, 0.1) is 5.41 Å². The Balaban J connectivity index is 1.53. The Morgan fingerprint density at radius 3 is 2.07 bits per heavy atom. The maximum Gasteiger partial charge on any atom is 0.308 e. The van der Waals surface area contributed by atoms with Crippen molar-refractivity contribution >= 4 is 35.1 Å². The molecule has 224 valence electrons. The molecule has 8 nitrogen and oxygen atoms in total. The highest BCUT2D eigenvalue weighted by Gasteiger charge is 2.72. The number of hydrogen-bond acceptors (Lipinski definition) is 8. The molecule has 8 heteroatoms. The van der Waals surface area contributed by atoms with E-state index in [4.69, 9.17) is 14.2 Å². The van der Waals surface area contributed by atoms with Crippen LogP contribution in [-0.4, -0.2) is 49.6 Å². The van der Waals surface area contributed by atoms with E-state index in [9.17, 15) is 19.2 Å². The van der Waals surface area contributed by atoms with Crippen LogP contribution in [0.15, 0.2) is 97.1 Å². The predicted molar refractivity (Wildman–Crippen MR) is 167 cm³/mol. The van der Waals surface area contributed by atoms with Crippen molar-refractivity contribution in [2.75, 3.05) is 19.1 Å². The molecule has 3 atom stereocenters. The van der Waals surface area contributed by atoms with Gasteiger partial charge in [-0.3, -0.25) is 19.2 Å². The van der Waals surface area contributed by atoms with Crippen molar-refractivity contribution in [2.24, 2.45) is 5.41 Å². The van der Waals surface area contributed by atoms with E-state index in [0.29, 0.717) is 39.5 Å². The van der Waals surface area contributed by atoms with Gasteiger partial charge >= 0.3 is 5.97 Å². The Hall–Kier alpha value is -5.50. The SMILES string of the molecule is COc1ccc(OC)c([C@@H]2[C@H](C(=O)c3ccc(OC(C)=O)cc3)N3c4ccccc4C=C[C@@H]3C23C(=O)c2ccccc2C3=O)c1. The third kappa shape index (κ3) is 4.05. The standard InChI is InChI=1S/C37H29NO7/c1-21(39)45-24-15-12-23(13-16-24)34(40)33-32(28-20-25(43-2)17-18-30(28)44-3)37(35(41)26-9-5-6-10-27(26)36(37)42)31-19-14-22-8-4-7-11-29(22)38(31)33/h4-20,31-33H,1-3H3/t31-,32-,33-/m1/s1. The summed E-state index contributed by atoms with van der Waals surface area (Å²) in [5.74, 6) is -1.21. The Morgan fingerprint density at radius 2 is 1.42 bits per heavy atom. The highest BCUT2D eigenvalue weighted by molar-refractivity contribution is 6.32. The highest BCUT2D eigenvalue weighted by Crippen LogP contribution is 2.62. The molecule has 1 aliphatic carbocycles. The van der Waals surface area contributed by atoms with Crippen molar-refractivity contribution in [3.63, 3.8) is 0 Å². The molecule has 45 heavy (non-hydrogen) atoms. The van der Waals surface area contributed by atoms with Gasteiger partial charge in [0.25, 0.3) is 0 Å². The van der Waals surface area contributed by atoms with Gasteiger partial charge in [-0.15, -0.1) is 0 Å². The lowest BCUT2D eigenvalue weighted by atomic mass is 9.64. The molecule has 0 radical (unpaired) electrons. The molecule has 1 spiro atoms. The van der Waals surface area contributed by atoms with Crippen LogP contribution in [0.4, 0.5) is 5.69 Å². The van der Waals surface area contributed by atoms with Crippen LogP contribution in [0.3, 0.4) is 0 Å². The Bertz CT molecular complexity index is 1890. The van der Waals surface area contributed by atoms with Crippen molar-refractivity contribution in [2.45, 2.75) is 24.9 Å². The molecule has 0 bridgehead atoms. The second kappa shape index (κ2) is 10.6. The minimum Gasteiger partial charge on any atom is -0.497 e. The van der Waals surface area contributed by atoms with E-state index in [1.54, 1.807) is 66.7 Å². The molecule has 0 unspecified atom stereocenters. The van der Waals surface area contributed by atoms with Gasteiger partial charge in [0.1, 0.15) is 28.7 Å². The summed E-state index contributed by atoms with van der Waals surface area (Å²) in [7, 11) is 3.06. The molecular formula is C37H29NO7. The molecule has 4 aromatic carbocycles. The largest absolute Gasteiger partial charge is 0.497 e. The Labute approximate surface area is 259 Å². The first kappa shape index (κ1) is 28.3. The summed E-state index contributed by atoms with van der Waals surface area (Å²) < 4.78 is 16.6. The lowest BCUT2D eigenvalue weighted by Crippen LogP contribution is -2.48. The van der Waals surface area contributed by atoms with Crippen molar-refractivity contribution in [1.29, 1.82) is 0 Å². The van der Waals surface area contributed by atoms with Crippen LogP contribution < -0.4 is 19.1 Å². The highest BCUT2D eigenvalue weighted by atomic mass is 16.5. The molecule has 0 aromatic heterocycles. The second-order valence-electron chi connectivity index (χ2n) is 11.4. The van der Waals surface area contributed by atoms with Crippen LogP contribution in [0.25, 0.3) is 6.08 Å². The maximum absolute atomic E-state index is 14.9. The zero-order valence-corrected chi connectivity index (χ0v) is 24.9. The third-order valence-corrected chi connectivity index (χ3v) is 9.15. The zero-order chi connectivity index (χ0) is 31.5. The zero-order valence-electron chi connectivity index (χ0n) is 24.9. The normalized spacial score (nSPS) is 20.4. The maximum atomic E-state index is 14.9. The number of ketones is 3. The minimum absolute atomic E-state index is 0.300. The van der Waals surface area contributed by atoms with Gasteiger partial charge in [-0.2, -0.15) is 0 Å². The van der Waals surface area contributed by atoms with E-state index < -0.39 is 29.4 Å². The number of para-hydroxylation sites is 1. The summed E-state index contributed by atoms with van der Waals surface area (Å²) in [6.07, 6.45) is 3.79. The fourth-order valence-electron chi connectivity index (χ4n) is 7.37. The summed E-state index contributed by atoms with van der Waals surface area (Å²) in [6.45, 7) is 1.30. The predicted octanol–water partition coefficient (Wildman–Crippen LogP) is 5.95. The monoisotopic (exact) mass is 599 g/mol. The Kier molecular flexibility index (Phi) is 6.66. The number of carbonyl (C=O) groups is 4. The molecule has 1 saturated heterocycles. The van der Waals surface area contributed by atoms with E-state index in [0.717, 1.165) is 11.3 Å². The van der Waals surface area contributed by atoms with Crippen LogP contribution in [0.2, 0.25) is 0 Å². The molecule has 3 aliphatic rings. The lowest BCUT2D eigenvalue weighted by Gasteiger charge is -2.37. The smallest absolute Gasteiger partial charge is 0.308 e. The van der Waals surface area contributed by atoms with E-state index in [-0.39, 0.29) is 17.3 Å². The number of benzene rings is 4. The first-order valence-electron chi connectivity index (χ1n) is 14.6. The molecular weight excluding hydrogens is 570 g/mol. The minimum atomic E-state index is -1.69. The van der Waals surface area contributed by atoms with Gasteiger partial charge in [0, 0.05) is 40.8 Å². The van der Waals surface area contributed by atoms with Gasteiger partial charge in [-0.1, -0.05) is 54.6 Å². The number of esters is 1. The number of carbonyl (C=O) groups excluding carboxylic acids is 4. The summed E-state index contributed by atoms with van der Waals surface area (Å²) in [4.78, 5) is 58.2. The van der Waals surface area contributed by atoms with E-state index in [1.165, 1.54) is 21.1 Å². The van der Waals surface area contributed by atoms with Gasteiger partial charge in [0.05, 0.1) is 20.3 Å². The number of anilines is 1. The first-order chi connectivity index (χ1) is 21.8. The topological polar surface area (TPSA) is 99.2 Å². The number of rotatable bonds is 6. The van der Waals surface area contributed by atoms with Crippen LogP contribution in [0.1, 0.15) is 55.0 Å². The average Bonchev–Trinajstić information content (AvgIpc) is 3.50. The van der Waals surface area contributed by atoms with Gasteiger partial charge in [-0.05, 0) is 54.1 Å². The fourth-order valence-corrected chi connectivity index (χ4v) is 7.37. The molecule has 0 saturated carbocycles. The molecule has 2 aliphatic heterocycles. The number of nitrogens with zero attached hydrogens (tertiary/aromatic N) is 1. The number of ether oxygens (including phenoxy) is 3. The molecule has 0 amide bonds. The van der Waals surface area contributed by atoms with Crippen molar-refractivity contribution in [3.05, 3.63) is 125 Å². The van der Waals surface area contributed by atoms with Gasteiger partial charge in [0.2, 0.25) is 0 Å². The van der Waals surface area contributed by atoms with E-state index in [2.05, 4.69) is 0 Å². The molecule has 1 fully saturated rings. The van der Waals surface area contributed by atoms with Gasteiger partial charge < -0.3 is 19.1 Å². The summed E-state index contributed by atoms with van der Waals surface area (Å²) >= 11 is 0. The number of hydrogen-bond donors (Lipinski definition) is 0. The van der Waals surface area contributed by atoms with Gasteiger partial charge in [-0.25, -0.2) is 0 Å². The van der Waals surface area contributed by atoms with Crippen LogP contribution in [-0.2, 0) is 4.79 Å². The van der Waals surface area contributed by atoms with Crippen molar-refractivity contribution < 1.29 is 33.4 Å². The van der Waals surface area contributed by atoms with Crippen LogP contribution in [0.5, 0.6) is 17.2 Å². The summed E-state index contributed by atoms with van der Waals surface area (Å²) in [5, 5.41) is 0. The third-order valence-electron chi connectivity index (χ3n) is 9.15. The summed E-state index contributed by atoms with van der Waals surface area (Å²) in [6, 6.07) is 24.2. The fraction of sp³-hybridized carbons (Fsp3) is 0.189. The van der Waals surface area contributed by atoms with Crippen molar-refractivity contribution in [3.8, 4) is 17.2 Å². The second-order valence-corrected chi connectivity index (χ2v) is 11.4. The molecule has 7 rings (SSSR count). The quantitative estimate of drug-likeness (QED) is 0.116. The number of methoxy groups -OCH3 is 2. The van der Waals surface area contributed by atoms with Gasteiger partial charge in [0.15, 0.2) is 17.3 Å². The van der Waals surface area contributed by atoms with Crippen molar-refractivity contribution in [1.82, 2.24) is 0 Å². The van der Waals surface area contributed by atoms with E-state index >= 15 is 0 Å². The van der Waals surface area contributed by atoms with E-state index in [1.807, 2.05) is 41.3 Å². The number of Topliss-reactive ketones (excluding diaryl/α,β-unsaturated/α-hetero) is 3. The lowest BCUT2D eigenvalue weighted by molar-refractivity contribution is -0.131. The average molecular weight is 600 g/mol.